The Morgan fingerprint density at radius 3 is 2.94 bits per heavy atom. The third-order valence-electron chi connectivity index (χ3n) is 2.36. The Labute approximate surface area is 99.3 Å². The number of rotatable bonds is 5. The van der Waals surface area contributed by atoms with Crippen molar-refractivity contribution in [2.75, 3.05) is 6.54 Å². The highest BCUT2D eigenvalue weighted by Crippen LogP contribution is 2.16. The summed E-state index contributed by atoms with van der Waals surface area (Å²) in [6.45, 7) is 6.85. The summed E-state index contributed by atoms with van der Waals surface area (Å²) in [5, 5.41) is 8.69. The smallest absolute Gasteiger partial charge is 0.0900 e. The molecule has 0 saturated carbocycles. The molecule has 0 aliphatic rings. The van der Waals surface area contributed by atoms with Gasteiger partial charge in [-0.1, -0.05) is 0 Å². The molecule has 0 aromatic carbocycles. The lowest BCUT2D eigenvalue weighted by Crippen LogP contribution is -2.19. The molecule has 2 aromatic heterocycles. The summed E-state index contributed by atoms with van der Waals surface area (Å²) in [7, 11) is 0. The predicted octanol–water partition coefficient (Wildman–Crippen LogP) is 1.75. The van der Waals surface area contributed by atoms with Crippen LogP contribution in [0.2, 0.25) is 0 Å². The Kier molecular flexibility index (Phi) is 3.69. The maximum atomic E-state index is 4.40. The third-order valence-corrected chi connectivity index (χ3v) is 3.43. The molecule has 0 radical (unpaired) electrons. The maximum absolute atomic E-state index is 4.40. The SMILES string of the molecule is Cc1nc(C)c(CNCCn2cccn2)s1. The number of hydrogen-bond acceptors (Lipinski definition) is 4. The number of nitrogens with one attached hydrogen (secondary N) is 1. The quantitative estimate of drug-likeness (QED) is 0.804. The highest BCUT2D eigenvalue weighted by Gasteiger charge is 2.03. The van der Waals surface area contributed by atoms with Gasteiger partial charge in [0.05, 0.1) is 17.2 Å². The van der Waals surface area contributed by atoms with Crippen molar-refractivity contribution < 1.29 is 0 Å². The van der Waals surface area contributed by atoms with Crippen LogP contribution in [0.25, 0.3) is 0 Å². The average Bonchev–Trinajstić information content (AvgIpc) is 2.84. The van der Waals surface area contributed by atoms with Gasteiger partial charge in [0.1, 0.15) is 0 Å². The fourth-order valence-corrected chi connectivity index (χ4v) is 2.47. The van der Waals surface area contributed by atoms with Gasteiger partial charge in [0.2, 0.25) is 0 Å². The van der Waals surface area contributed by atoms with Crippen molar-refractivity contribution in [2.45, 2.75) is 26.9 Å². The van der Waals surface area contributed by atoms with E-state index in [9.17, 15) is 0 Å². The van der Waals surface area contributed by atoms with E-state index in [4.69, 9.17) is 0 Å². The van der Waals surface area contributed by atoms with E-state index in [0.717, 1.165) is 30.3 Å². The molecule has 86 valence electrons. The van der Waals surface area contributed by atoms with Crippen LogP contribution >= 0.6 is 11.3 Å². The molecule has 2 rings (SSSR count). The molecule has 2 heterocycles. The van der Waals surface area contributed by atoms with Crippen LogP contribution in [0.3, 0.4) is 0 Å². The van der Waals surface area contributed by atoms with E-state index in [1.807, 2.05) is 23.9 Å². The van der Waals surface area contributed by atoms with Crippen molar-refractivity contribution in [2.24, 2.45) is 0 Å². The molecule has 4 nitrogen and oxygen atoms in total. The number of thiazole rings is 1. The minimum absolute atomic E-state index is 0.901. The van der Waals surface area contributed by atoms with Crippen molar-refractivity contribution in [1.29, 1.82) is 0 Å². The van der Waals surface area contributed by atoms with Crippen molar-refractivity contribution in [1.82, 2.24) is 20.1 Å². The van der Waals surface area contributed by atoms with Gasteiger partial charge in [-0.05, 0) is 19.9 Å². The topological polar surface area (TPSA) is 42.7 Å². The van der Waals surface area contributed by atoms with E-state index >= 15 is 0 Å². The molecule has 16 heavy (non-hydrogen) atoms. The number of aromatic nitrogens is 3. The van der Waals surface area contributed by atoms with Gasteiger partial charge in [0.25, 0.3) is 0 Å². The summed E-state index contributed by atoms with van der Waals surface area (Å²) in [4.78, 5) is 5.73. The molecule has 5 heteroatoms. The second-order valence-corrected chi connectivity index (χ2v) is 4.98. The van der Waals surface area contributed by atoms with Crippen LogP contribution in [0.15, 0.2) is 18.5 Å². The van der Waals surface area contributed by atoms with Gasteiger partial charge in [-0.2, -0.15) is 5.10 Å². The first-order chi connectivity index (χ1) is 7.75. The first-order valence-electron chi connectivity index (χ1n) is 5.37. The molecule has 0 fully saturated rings. The molecule has 0 aliphatic carbocycles. The zero-order valence-electron chi connectivity index (χ0n) is 9.60. The van der Waals surface area contributed by atoms with Gasteiger partial charge in [-0.15, -0.1) is 11.3 Å². The minimum atomic E-state index is 0.901. The van der Waals surface area contributed by atoms with E-state index < -0.39 is 0 Å². The Hall–Kier alpha value is -1.20. The highest BCUT2D eigenvalue weighted by atomic mass is 32.1. The fraction of sp³-hybridized carbons (Fsp3) is 0.455. The summed E-state index contributed by atoms with van der Waals surface area (Å²) in [5.41, 5.74) is 1.15. The van der Waals surface area contributed by atoms with Gasteiger partial charge < -0.3 is 5.32 Å². The molecular formula is C11H16N4S. The molecule has 0 aliphatic heterocycles. The molecule has 0 bridgehead atoms. The molecular weight excluding hydrogens is 220 g/mol. The second kappa shape index (κ2) is 5.23. The van der Waals surface area contributed by atoms with Gasteiger partial charge in [-0.25, -0.2) is 4.98 Å². The number of nitrogens with zero attached hydrogens (tertiary/aromatic N) is 3. The van der Waals surface area contributed by atoms with Gasteiger partial charge in [-0.3, -0.25) is 4.68 Å². The fourth-order valence-electron chi connectivity index (χ4n) is 1.57. The summed E-state index contributed by atoms with van der Waals surface area (Å²) in [5.74, 6) is 0. The number of aryl methyl sites for hydroxylation is 2. The van der Waals surface area contributed by atoms with Crippen molar-refractivity contribution in [3.63, 3.8) is 0 Å². The van der Waals surface area contributed by atoms with Crippen molar-refractivity contribution >= 4 is 11.3 Å². The monoisotopic (exact) mass is 236 g/mol. The molecule has 1 N–H and O–H groups in total. The average molecular weight is 236 g/mol. The first-order valence-corrected chi connectivity index (χ1v) is 6.18. The summed E-state index contributed by atoms with van der Waals surface area (Å²) < 4.78 is 1.93. The van der Waals surface area contributed by atoms with Crippen LogP contribution in [0, 0.1) is 13.8 Å². The molecule has 0 spiro atoms. The lowest BCUT2D eigenvalue weighted by atomic mass is 10.4. The molecule has 0 amide bonds. The zero-order chi connectivity index (χ0) is 11.4. The highest BCUT2D eigenvalue weighted by molar-refractivity contribution is 7.11. The Balaban J connectivity index is 1.74. The van der Waals surface area contributed by atoms with Crippen molar-refractivity contribution in [3.05, 3.63) is 34.0 Å². The van der Waals surface area contributed by atoms with Crippen LogP contribution in [0.1, 0.15) is 15.6 Å². The van der Waals surface area contributed by atoms with E-state index in [1.165, 1.54) is 4.88 Å². The zero-order valence-corrected chi connectivity index (χ0v) is 10.4. The third kappa shape index (κ3) is 2.90. The van der Waals surface area contributed by atoms with Crippen LogP contribution in [-0.2, 0) is 13.1 Å². The molecule has 0 unspecified atom stereocenters. The van der Waals surface area contributed by atoms with Gasteiger partial charge in [0.15, 0.2) is 0 Å². The van der Waals surface area contributed by atoms with Crippen molar-refractivity contribution in [3.8, 4) is 0 Å². The Morgan fingerprint density at radius 1 is 1.44 bits per heavy atom. The maximum Gasteiger partial charge on any atom is 0.0900 e. The molecule has 0 saturated heterocycles. The summed E-state index contributed by atoms with van der Waals surface area (Å²) in [6, 6.07) is 1.94. The van der Waals surface area contributed by atoms with Crippen LogP contribution in [0.5, 0.6) is 0 Å². The summed E-state index contributed by atoms with van der Waals surface area (Å²) in [6.07, 6.45) is 3.78. The minimum Gasteiger partial charge on any atom is -0.310 e. The van der Waals surface area contributed by atoms with E-state index in [2.05, 4.69) is 22.3 Å². The van der Waals surface area contributed by atoms with E-state index in [-0.39, 0.29) is 0 Å². The Bertz CT molecular complexity index is 433. The molecule has 0 atom stereocenters. The number of hydrogen-bond donors (Lipinski definition) is 1. The van der Waals surface area contributed by atoms with Crippen LogP contribution in [-0.4, -0.2) is 21.3 Å². The normalized spacial score (nSPS) is 10.9. The van der Waals surface area contributed by atoms with E-state index in [0.29, 0.717) is 0 Å². The molecule has 2 aromatic rings. The first kappa shape index (κ1) is 11.3. The van der Waals surface area contributed by atoms with Crippen LogP contribution < -0.4 is 5.32 Å². The lowest BCUT2D eigenvalue weighted by molar-refractivity contribution is 0.556. The second-order valence-electron chi connectivity index (χ2n) is 3.69. The van der Waals surface area contributed by atoms with E-state index in [1.54, 1.807) is 17.5 Å². The van der Waals surface area contributed by atoms with Gasteiger partial charge in [0, 0.05) is 30.4 Å². The largest absolute Gasteiger partial charge is 0.310 e. The Morgan fingerprint density at radius 2 is 2.31 bits per heavy atom. The predicted molar refractivity (Wildman–Crippen MR) is 65.5 cm³/mol. The lowest BCUT2D eigenvalue weighted by Gasteiger charge is -2.03. The van der Waals surface area contributed by atoms with Crippen LogP contribution in [0.4, 0.5) is 0 Å². The summed E-state index contributed by atoms with van der Waals surface area (Å²) >= 11 is 1.77. The van der Waals surface area contributed by atoms with Gasteiger partial charge >= 0.3 is 0 Å². The standard InChI is InChI=1S/C11H16N4S/c1-9-11(16-10(2)14-9)8-12-5-7-15-6-3-4-13-15/h3-4,6,12H,5,7-8H2,1-2H3.